The van der Waals surface area contributed by atoms with Crippen LogP contribution in [0.15, 0.2) is 71.4 Å². The molecule has 4 rings (SSSR count). The van der Waals surface area contributed by atoms with Gasteiger partial charge in [0.1, 0.15) is 17.3 Å². The van der Waals surface area contributed by atoms with Crippen molar-refractivity contribution in [1.82, 2.24) is 15.2 Å². The monoisotopic (exact) mass is 444 g/mol. The summed E-state index contributed by atoms with van der Waals surface area (Å²) in [7, 11) is 0. The number of alkyl halides is 3. The summed E-state index contributed by atoms with van der Waals surface area (Å²) in [6.07, 6.45) is -1.77. The molecule has 0 aliphatic heterocycles. The molecule has 0 aliphatic rings. The molecule has 0 saturated heterocycles. The van der Waals surface area contributed by atoms with Crippen molar-refractivity contribution in [3.63, 3.8) is 0 Å². The molecule has 0 fully saturated rings. The van der Waals surface area contributed by atoms with Gasteiger partial charge in [0.15, 0.2) is 0 Å². The van der Waals surface area contributed by atoms with E-state index >= 15 is 0 Å². The highest BCUT2D eigenvalue weighted by Crippen LogP contribution is 2.32. The first-order valence-corrected chi connectivity index (χ1v) is 8.99. The van der Waals surface area contributed by atoms with Gasteiger partial charge in [-0.25, -0.2) is 4.39 Å². The summed E-state index contributed by atoms with van der Waals surface area (Å²) in [5, 5.41) is 9.64. The molecule has 0 bridgehead atoms. The minimum atomic E-state index is -4.94. The molecule has 32 heavy (non-hydrogen) atoms. The summed E-state index contributed by atoms with van der Waals surface area (Å²) in [6.45, 7) is 0. The molecule has 1 N–H and O–H groups in total. The third kappa shape index (κ3) is 4.72. The van der Waals surface area contributed by atoms with E-state index in [1.54, 1.807) is 48.8 Å². The molecule has 0 aliphatic carbocycles. The minimum absolute atomic E-state index is 0.0586. The van der Waals surface area contributed by atoms with Gasteiger partial charge in [0.05, 0.1) is 11.8 Å². The maximum Gasteiger partial charge on any atom is 0.419 e. The lowest BCUT2D eigenvalue weighted by molar-refractivity contribution is -0.140. The van der Waals surface area contributed by atoms with E-state index in [2.05, 4.69) is 20.5 Å². The number of ether oxygens (including phenoxy) is 1. The van der Waals surface area contributed by atoms with Crippen LogP contribution in [0.25, 0.3) is 11.5 Å². The maximum atomic E-state index is 13.4. The Morgan fingerprint density at radius 2 is 1.78 bits per heavy atom. The smallest absolute Gasteiger partial charge is 0.419 e. The standard InChI is InChI=1S/C21H12F4N4O3/c22-17-8-5-13(10-16(17)21(23,24)25)18(30)27-20-29-28-19(32-20)12-3-6-14(7-4-12)31-15-2-1-9-26-11-15/h1-11H,(H,27,29,30). The van der Waals surface area contributed by atoms with Crippen LogP contribution in [0, 0.1) is 5.82 Å². The molecule has 4 aromatic rings. The first-order chi connectivity index (χ1) is 15.3. The van der Waals surface area contributed by atoms with Crippen LogP contribution in [-0.4, -0.2) is 21.1 Å². The lowest BCUT2D eigenvalue weighted by Crippen LogP contribution is -2.15. The molecule has 0 unspecified atom stereocenters. The average molecular weight is 444 g/mol. The van der Waals surface area contributed by atoms with Gasteiger partial charge < -0.3 is 9.15 Å². The molecule has 2 aromatic carbocycles. The molecule has 2 aromatic heterocycles. The van der Waals surface area contributed by atoms with Crippen LogP contribution in [0.4, 0.5) is 23.6 Å². The van der Waals surface area contributed by atoms with Crippen LogP contribution in [0.3, 0.4) is 0 Å². The van der Waals surface area contributed by atoms with Crippen LogP contribution in [-0.2, 0) is 6.18 Å². The topological polar surface area (TPSA) is 90.1 Å². The largest absolute Gasteiger partial charge is 0.456 e. The third-order valence-electron chi connectivity index (χ3n) is 4.15. The number of hydrogen-bond donors (Lipinski definition) is 1. The molecule has 7 nitrogen and oxygen atoms in total. The van der Waals surface area contributed by atoms with Gasteiger partial charge in [0, 0.05) is 17.3 Å². The van der Waals surface area contributed by atoms with E-state index < -0.39 is 29.0 Å². The Kier molecular flexibility index (Phi) is 5.54. The quantitative estimate of drug-likeness (QED) is 0.418. The van der Waals surface area contributed by atoms with Crippen molar-refractivity contribution in [1.29, 1.82) is 0 Å². The number of rotatable bonds is 5. The van der Waals surface area contributed by atoms with Gasteiger partial charge in [0.25, 0.3) is 5.91 Å². The summed E-state index contributed by atoms with van der Waals surface area (Å²) in [6, 6.07) is 11.6. The number of amides is 1. The van der Waals surface area contributed by atoms with Crippen LogP contribution >= 0.6 is 0 Å². The summed E-state index contributed by atoms with van der Waals surface area (Å²) in [5.74, 6) is -1.30. The number of anilines is 1. The summed E-state index contributed by atoms with van der Waals surface area (Å²) in [5.41, 5.74) is -1.46. The van der Waals surface area contributed by atoms with Crippen molar-refractivity contribution in [3.05, 3.63) is 83.9 Å². The van der Waals surface area contributed by atoms with E-state index in [9.17, 15) is 22.4 Å². The third-order valence-corrected chi connectivity index (χ3v) is 4.15. The number of pyridine rings is 1. The molecule has 0 spiro atoms. The lowest BCUT2D eigenvalue weighted by atomic mass is 10.1. The first-order valence-electron chi connectivity index (χ1n) is 8.99. The number of nitrogens with zero attached hydrogens (tertiary/aromatic N) is 3. The minimum Gasteiger partial charge on any atom is -0.456 e. The van der Waals surface area contributed by atoms with Crippen molar-refractivity contribution in [2.24, 2.45) is 0 Å². The lowest BCUT2D eigenvalue weighted by Gasteiger charge is -2.09. The van der Waals surface area contributed by atoms with Crippen LogP contribution in [0.2, 0.25) is 0 Å². The zero-order chi connectivity index (χ0) is 22.7. The number of carbonyl (C=O) groups excluding carboxylic acids is 1. The number of carbonyl (C=O) groups is 1. The zero-order valence-electron chi connectivity index (χ0n) is 15.9. The Hall–Kier alpha value is -4.28. The van der Waals surface area contributed by atoms with Crippen molar-refractivity contribution in [3.8, 4) is 23.0 Å². The molecule has 0 radical (unpaired) electrons. The van der Waals surface area contributed by atoms with Crippen LogP contribution in [0.5, 0.6) is 11.5 Å². The Labute approximate surface area is 177 Å². The van der Waals surface area contributed by atoms with E-state index in [-0.39, 0.29) is 11.9 Å². The molecular formula is C21H12F4N4O3. The number of benzene rings is 2. The van der Waals surface area contributed by atoms with Gasteiger partial charge in [0.2, 0.25) is 5.89 Å². The van der Waals surface area contributed by atoms with Crippen molar-refractivity contribution >= 4 is 11.9 Å². The fraction of sp³-hybridized carbons (Fsp3) is 0.0476. The average Bonchev–Trinajstić information content (AvgIpc) is 3.23. The fourth-order valence-electron chi connectivity index (χ4n) is 2.65. The molecule has 11 heteroatoms. The Morgan fingerprint density at radius 3 is 2.47 bits per heavy atom. The molecule has 0 saturated carbocycles. The number of nitrogens with one attached hydrogen (secondary N) is 1. The highest BCUT2D eigenvalue weighted by atomic mass is 19.4. The predicted molar refractivity (Wildman–Crippen MR) is 103 cm³/mol. The van der Waals surface area contributed by atoms with Crippen molar-refractivity contribution < 1.29 is 31.5 Å². The highest BCUT2D eigenvalue weighted by Gasteiger charge is 2.34. The predicted octanol–water partition coefficient (Wildman–Crippen LogP) is 5.33. The molecule has 0 atom stereocenters. The number of halogens is 4. The van der Waals surface area contributed by atoms with E-state index in [0.717, 1.165) is 6.07 Å². The van der Waals surface area contributed by atoms with E-state index in [0.29, 0.717) is 29.2 Å². The zero-order valence-corrected chi connectivity index (χ0v) is 15.9. The summed E-state index contributed by atoms with van der Waals surface area (Å²) < 4.78 is 62.9. The Balaban J connectivity index is 1.45. The van der Waals surface area contributed by atoms with Crippen molar-refractivity contribution in [2.75, 3.05) is 5.32 Å². The SMILES string of the molecule is O=C(Nc1nnc(-c2ccc(Oc3cccnc3)cc2)o1)c1ccc(F)c(C(F)(F)F)c1. The van der Waals surface area contributed by atoms with Gasteiger partial charge in [-0.15, -0.1) is 5.10 Å². The van der Waals surface area contributed by atoms with E-state index in [1.165, 1.54) is 0 Å². The van der Waals surface area contributed by atoms with Gasteiger partial charge in [-0.1, -0.05) is 5.10 Å². The van der Waals surface area contributed by atoms with Gasteiger partial charge in [-0.2, -0.15) is 13.2 Å². The molecule has 1 amide bonds. The van der Waals surface area contributed by atoms with Gasteiger partial charge in [-0.05, 0) is 54.6 Å². The Bertz CT molecular complexity index is 1240. The second-order valence-electron chi connectivity index (χ2n) is 6.37. The van der Waals surface area contributed by atoms with Crippen molar-refractivity contribution in [2.45, 2.75) is 6.18 Å². The van der Waals surface area contributed by atoms with Gasteiger partial charge >= 0.3 is 12.2 Å². The number of hydrogen-bond acceptors (Lipinski definition) is 6. The highest BCUT2D eigenvalue weighted by molar-refractivity contribution is 6.03. The van der Waals surface area contributed by atoms with E-state index in [4.69, 9.17) is 9.15 Å². The second kappa shape index (κ2) is 8.46. The first kappa shape index (κ1) is 21.0. The van der Waals surface area contributed by atoms with Crippen LogP contribution < -0.4 is 10.1 Å². The summed E-state index contributed by atoms with van der Waals surface area (Å²) >= 11 is 0. The summed E-state index contributed by atoms with van der Waals surface area (Å²) in [4.78, 5) is 16.2. The van der Waals surface area contributed by atoms with Crippen LogP contribution in [0.1, 0.15) is 15.9 Å². The van der Waals surface area contributed by atoms with Gasteiger partial charge in [-0.3, -0.25) is 15.1 Å². The molecular weight excluding hydrogens is 432 g/mol. The van der Waals surface area contributed by atoms with E-state index in [1.807, 2.05) is 0 Å². The Morgan fingerprint density at radius 1 is 1.00 bits per heavy atom. The molecule has 162 valence electrons. The molecule has 2 heterocycles. The second-order valence-corrected chi connectivity index (χ2v) is 6.37. The fourth-order valence-corrected chi connectivity index (χ4v) is 2.65. The normalized spacial score (nSPS) is 11.2. The maximum absolute atomic E-state index is 13.4. The number of aromatic nitrogens is 3.